The minimum absolute atomic E-state index is 0.0209. The van der Waals surface area contributed by atoms with Crippen molar-refractivity contribution < 1.29 is 14.8 Å². The largest absolute Gasteiger partial charge is 0.491 e. The van der Waals surface area contributed by atoms with Crippen LogP contribution in [0.15, 0.2) is 48.8 Å². The second-order valence-electron chi connectivity index (χ2n) is 6.65. The van der Waals surface area contributed by atoms with Crippen molar-refractivity contribution in [1.82, 2.24) is 14.8 Å². The molecule has 27 heavy (non-hydrogen) atoms. The molecule has 1 aliphatic rings. The Morgan fingerprint density at radius 1 is 1.07 bits per heavy atom. The first-order valence-corrected chi connectivity index (χ1v) is 8.99. The Morgan fingerprint density at radius 2 is 1.70 bits per heavy atom. The van der Waals surface area contributed by atoms with Gasteiger partial charge in [-0.3, -0.25) is 24.9 Å². The van der Waals surface area contributed by atoms with Gasteiger partial charge in [-0.25, -0.2) is 0 Å². The van der Waals surface area contributed by atoms with Crippen LogP contribution in [0.2, 0.25) is 0 Å². The van der Waals surface area contributed by atoms with Crippen LogP contribution in [0.3, 0.4) is 0 Å². The third-order valence-electron chi connectivity index (χ3n) is 4.58. The van der Waals surface area contributed by atoms with Crippen LogP contribution in [0.1, 0.15) is 5.56 Å². The number of aliphatic hydroxyl groups is 1. The van der Waals surface area contributed by atoms with Gasteiger partial charge in [0.2, 0.25) is 0 Å². The molecule has 2 heterocycles. The minimum atomic E-state index is -0.605. The molecule has 2 aromatic rings. The zero-order chi connectivity index (χ0) is 19.1. The molecule has 1 unspecified atom stereocenters. The molecule has 0 radical (unpaired) electrons. The maximum Gasteiger partial charge on any atom is 0.269 e. The summed E-state index contributed by atoms with van der Waals surface area (Å²) in [5.74, 6) is 0.516. The fraction of sp³-hybridized carbons (Fsp3) is 0.421. The first-order chi connectivity index (χ1) is 13.1. The van der Waals surface area contributed by atoms with Crippen molar-refractivity contribution in [2.75, 3.05) is 39.3 Å². The minimum Gasteiger partial charge on any atom is -0.491 e. The predicted octanol–water partition coefficient (Wildman–Crippen LogP) is 1.55. The summed E-state index contributed by atoms with van der Waals surface area (Å²) in [5, 5.41) is 20.8. The van der Waals surface area contributed by atoms with Gasteiger partial charge in [0.05, 0.1) is 4.92 Å². The Kier molecular flexibility index (Phi) is 6.69. The second-order valence-corrected chi connectivity index (χ2v) is 6.65. The highest BCUT2D eigenvalue weighted by molar-refractivity contribution is 5.35. The number of non-ortho nitro benzene ring substituents is 1. The summed E-state index contributed by atoms with van der Waals surface area (Å²) in [6.45, 7) is 5.35. The number of aliphatic hydroxyl groups excluding tert-OH is 1. The summed E-state index contributed by atoms with van der Waals surface area (Å²) in [5.41, 5.74) is 1.28. The van der Waals surface area contributed by atoms with Crippen molar-refractivity contribution in [2.24, 2.45) is 0 Å². The molecular formula is C19H24N4O4. The fourth-order valence-corrected chi connectivity index (χ4v) is 3.08. The maximum atomic E-state index is 10.6. The summed E-state index contributed by atoms with van der Waals surface area (Å²) < 4.78 is 5.53. The Hall–Kier alpha value is -2.55. The average molecular weight is 372 g/mol. The topological polar surface area (TPSA) is 92.0 Å². The summed E-state index contributed by atoms with van der Waals surface area (Å²) in [7, 11) is 0. The van der Waals surface area contributed by atoms with Gasteiger partial charge in [0, 0.05) is 63.8 Å². The zero-order valence-electron chi connectivity index (χ0n) is 15.1. The van der Waals surface area contributed by atoms with Gasteiger partial charge in [-0.1, -0.05) is 0 Å². The maximum absolute atomic E-state index is 10.6. The smallest absolute Gasteiger partial charge is 0.269 e. The number of benzene rings is 1. The van der Waals surface area contributed by atoms with Crippen molar-refractivity contribution in [2.45, 2.75) is 12.6 Å². The number of pyridine rings is 1. The Balaban J connectivity index is 1.36. The standard InChI is InChI=1S/C19H24N4O4/c24-18(15-27-19-3-1-17(2-4-19)23(25)26)14-22-11-9-21(10-12-22)13-16-5-7-20-8-6-16/h1-8,18,24H,9-15H2. The van der Waals surface area contributed by atoms with E-state index in [-0.39, 0.29) is 12.3 Å². The van der Waals surface area contributed by atoms with E-state index in [1.807, 2.05) is 24.5 Å². The van der Waals surface area contributed by atoms with Crippen molar-refractivity contribution in [3.8, 4) is 5.75 Å². The molecule has 1 aromatic carbocycles. The van der Waals surface area contributed by atoms with Crippen LogP contribution in [-0.4, -0.2) is 70.2 Å². The molecule has 0 bridgehead atoms. The number of rotatable bonds is 8. The van der Waals surface area contributed by atoms with E-state index in [1.54, 1.807) is 12.1 Å². The molecule has 1 aliphatic heterocycles. The molecule has 1 atom stereocenters. The number of nitro groups is 1. The molecule has 1 aromatic heterocycles. The zero-order valence-corrected chi connectivity index (χ0v) is 15.1. The van der Waals surface area contributed by atoms with Gasteiger partial charge in [0.25, 0.3) is 5.69 Å². The monoisotopic (exact) mass is 372 g/mol. The van der Waals surface area contributed by atoms with Crippen LogP contribution >= 0.6 is 0 Å². The van der Waals surface area contributed by atoms with Crippen molar-refractivity contribution in [1.29, 1.82) is 0 Å². The number of hydrogen-bond acceptors (Lipinski definition) is 7. The molecule has 0 spiro atoms. The van der Waals surface area contributed by atoms with E-state index in [4.69, 9.17) is 4.74 Å². The van der Waals surface area contributed by atoms with Gasteiger partial charge in [0.15, 0.2) is 0 Å². The lowest BCUT2D eigenvalue weighted by molar-refractivity contribution is -0.384. The van der Waals surface area contributed by atoms with Gasteiger partial charge in [-0.2, -0.15) is 0 Å². The number of nitrogens with zero attached hydrogens (tertiary/aromatic N) is 4. The van der Waals surface area contributed by atoms with Crippen LogP contribution in [0, 0.1) is 10.1 Å². The quantitative estimate of drug-likeness (QED) is 0.555. The van der Waals surface area contributed by atoms with Crippen LogP contribution in [-0.2, 0) is 6.54 Å². The van der Waals surface area contributed by atoms with Crippen molar-refractivity contribution in [3.05, 3.63) is 64.5 Å². The number of nitro benzene ring substituents is 1. The lowest BCUT2D eigenvalue weighted by atomic mass is 10.2. The number of hydrogen-bond donors (Lipinski definition) is 1. The SMILES string of the molecule is O=[N+]([O-])c1ccc(OCC(O)CN2CCN(Cc3ccncc3)CC2)cc1. The third kappa shape index (κ3) is 5.99. The van der Waals surface area contributed by atoms with E-state index in [0.717, 1.165) is 32.7 Å². The van der Waals surface area contributed by atoms with Gasteiger partial charge >= 0.3 is 0 Å². The average Bonchev–Trinajstić information content (AvgIpc) is 2.69. The van der Waals surface area contributed by atoms with Gasteiger partial charge in [-0.15, -0.1) is 0 Å². The second kappa shape index (κ2) is 9.40. The van der Waals surface area contributed by atoms with Crippen LogP contribution in [0.25, 0.3) is 0 Å². The van der Waals surface area contributed by atoms with Crippen LogP contribution in [0.4, 0.5) is 5.69 Å². The van der Waals surface area contributed by atoms with E-state index in [2.05, 4.69) is 14.8 Å². The molecule has 144 valence electrons. The molecule has 1 fully saturated rings. The van der Waals surface area contributed by atoms with Crippen LogP contribution in [0.5, 0.6) is 5.75 Å². The molecule has 8 heteroatoms. The molecule has 8 nitrogen and oxygen atoms in total. The van der Waals surface area contributed by atoms with E-state index >= 15 is 0 Å². The molecular weight excluding hydrogens is 348 g/mol. The fourth-order valence-electron chi connectivity index (χ4n) is 3.08. The summed E-state index contributed by atoms with van der Waals surface area (Å²) >= 11 is 0. The van der Waals surface area contributed by atoms with Gasteiger partial charge in [-0.05, 0) is 29.8 Å². The third-order valence-corrected chi connectivity index (χ3v) is 4.58. The van der Waals surface area contributed by atoms with E-state index < -0.39 is 11.0 Å². The first-order valence-electron chi connectivity index (χ1n) is 8.99. The highest BCUT2D eigenvalue weighted by atomic mass is 16.6. The highest BCUT2D eigenvalue weighted by Crippen LogP contribution is 2.17. The molecule has 0 amide bonds. The number of aromatic nitrogens is 1. The van der Waals surface area contributed by atoms with Crippen LogP contribution < -0.4 is 4.74 Å². The summed E-state index contributed by atoms with van der Waals surface area (Å²) in [4.78, 5) is 18.8. The lowest BCUT2D eigenvalue weighted by Gasteiger charge is -2.35. The Labute approximate surface area is 158 Å². The summed E-state index contributed by atoms with van der Waals surface area (Å²) in [6, 6.07) is 9.94. The molecule has 0 aliphatic carbocycles. The van der Waals surface area contributed by atoms with E-state index in [0.29, 0.717) is 12.3 Å². The summed E-state index contributed by atoms with van der Waals surface area (Å²) in [6.07, 6.45) is 3.02. The van der Waals surface area contributed by atoms with Gasteiger partial charge < -0.3 is 9.84 Å². The number of ether oxygens (including phenoxy) is 1. The number of piperazine rings is 1. The number of β-amino-alcohol motifs (C(OH)–C–C–N with tert-alkyl or cyclic N) is 1. The Morgan fingerprint density at radius 3 is 2.33 bits per heavy atom. The molecule has 0 saturated carbocycles. The Bertz CT molecular complexity index is 718. The lowest BCUT2D eigenvalue weighted by Crippen LogP contribution is -2.48. The molecule has 3 rings (SSSR count). The predicted molar refractivity (Wildman–Crippen MR) is 101 cm³/mol. The molecule has 1 N–H and O–H groups in total. The normalized spacial score (nSPS) is 16.8. The highest BCUT2D eigenvalue weighted by Gasteiger charge is 2.19. The first kappa shape index (κ1) is 19.2. The van der Waals surface area contributed by atoms with E-state index in [1.165, 1.54) is 17.7 Å². The van der Waals surface area contributed by atoms with Crippen molar-refractivity contribution in [3.63, 3.8) is 0 Å². The van der Waals surface area contributed by atoms with Gasteiger partial charge in [0.1, 0.15) is 18.5 Å². The van der Waals surface area contributed by atoms with E-state index in [9.17, 15) is 15.2 Å². The molecule has 1 saturated heterocycles. The van der Waals surface area contributed by atoms with Crippen molar-refractivity contribution >= 4 is 5.69 Å².